The lowest BCUT2D eigenvalue weighted by atomic mass is 9.83. The molecule has 0 aliphatic heterocycles. The molecule has 2 bridgehead atoms. The van der Waals surface area contributed by atoms with Gasteiger partial charge in [-0.05, 0) is 56.8 Å². The molecule has 0 aromatic heterocycles. The highest BCUT2D eigenvalue weighted by molar-refractivity contribution is 7.80. The van der Waals surface area contributed by atoms with Gasteiger partial charge in [0.05, 0.1) is 10.4 Å². The second-order valence-corrected chi connectivity index (χ2v) is 6.99. The SMILES string of the molecule is CC(NC(=O)C1(C(N)=S)CC1)C1CC2CCC1C2. The van der Waals surface area contributed by atoms with Gasteiger partial charge in [0.1, 0.15) is 0 Å². The van der Waals surface area contributed by atoms with E-state index in [9.17, 15) is 4.79 Å². The fourth-order valence-electron chi connectivity index (χ4n) is 4.07. The summed E-state index contributed by atoms with van der Waals surface area (Å²) < 4.78 is 0. The number of carbonyl (C=O) groups excluding carboxylic acids is 1. The third-order valence-electron chi connectivity index (χ3n) is 5.45. The maximum atomic E-state index is 12.3. The van der Waals surface area contributed by atoms with Gasteiger partial charge in [-0.3, -0.25) is 4.79 Å². The molecule has 0 aromatic rings. The first-order valence-electron chi connectivity index (χ1n) is 7.14. The van der Waals surface area contributed by atoms with E-state index in [1.165, 1.54) is 25.7 Å². The second kappa shape index (κ2) is 4.19. The molecule has 0 radical (unpaired) electrons. The Morgan fingerprint density at radius 3 is 2.56 bits per heavy atom. The first kappa shape index (κ1) is 12.4. The lowest BCUT2D eigenvalue weighted by molar-refractivity contribution is -0.125. The van der Waals surface area contributed by atoms with E-state index in [2.05, 4.69) is 12.2 Å². The molecule has 3 rings (SSSR count). The van der Waals surface area contributed by atoms with Gasteiger partial charge in [-0.25, -0.2) is 0 Å². The van der Waals surface area contributed by atoms with Crippen molar-refractivity contribution in [3.63, 3.8) is 0 Å². The van der Waals surface area contributed by atoms with Crippen LogP contribution in [0.15, 0.2) is 0 Å². The topological polar surface area (TPSA) is 55.1 Å². The molecule has 100 valence electrons. The summed E-state index contributed by atoms with van der Waals surface area (Å²) in [6.45, 7) is 2.15. The van der Waals surface area contributed by atoms with E-state index in [1.807, 2.05) is 0 Å². The second-order valence-electron chi connectivity index (χ2n) is 6.55. The van der Waals surface area contributed by atoms with Gasteiger partial charge in [0.2, 0.25) is 5.91 Å². The minimum Gasteiger partial charge on any atom is -0.392 e. The molecule has 3 saturated carbocycles. The Labute approximate surface area is 114 Å². The first-order chi connectivity index (χ1) is 8.53. The molecule has 4 heteroatoms. The quantitative estimate of drug-likeness (QED) is 0.765. The summed E-state index contributed by atoms with van der Waals surface area (Å²) in [6, 6.07) is 0.277. The van der Waals surface area contributed by atoms with Crippen LogP contribution < -0.4 is 11.1 Å². The lowest BCUT2D eigenvalue weighted by Gasteiger charge is -2.29. The number of amides is 1. The highest BCUT2D eigenvalue weighted by Crippen LogP contribution is 2.50. The van der Waals surface area contributed by atoms with Crippen LogP contribution in [0.3, 0.4) is 0 Å². The van der Waals surface area contributed by atoms with E-state index in [0.29, 0.717) is 10.9 Å². The highest BCUT2D eigenvalue weighted by Gasteiger charge is 2.53. The number of fused-ring (bicyclic) bond motifs is 2. The van der Waals surface area contributed by atoms with Crippen molar-refractivity contribution >= 4 is 23.1 Å². The molecular formula is C14H22N2OS. The van der Waals surface area contributed by atoms with Gasteiger partial charge in [-0.2, -0.15) is 0 Å². The third-order valence-corrected chi connectivity index (χ3v) is 5.84. The summed E-state index contributed by atoms with van der Waals surface area (Å²) in [7, 11) is 0. The van der Waals surface area contributed by atoms with E-state index in [1.54, 1.807) is 0 Å². The number of hydrogen-bond acceptors (Lipinski definition) is 2. The minimum atomic E-state index is -0.499. The Kier molecular flexibility index (Phi) is 2.88. The fraction of sp³-hybridized carbons (Fsp3) is 0.857. The number of rotatable bonds is 4. The lowest BCUT2D eigenvalue weighted by Crippen LogP contribution is -2.46. The van der Waals surface area contributed by atoms with Gasteiger partial charge >= 0.3 is 0 Å². The van der Waals surface area contributed by atoms with Gasteiger partial charge in [0.15, 0.2) is 0 Å². The zero-order valence-corrected chi connectivity index (χ0v) is 11.8. The number of nitrogens with one attached hydrogen (secondary N) is 1. The summed E-state index contributed by atoms with van der Waals surface area (Å²) >= 11 is 5.03. The standard InChI is InChI=1S/C14H22N2OS/c1-8(11-7-9-2-3-10(11)6-9)16-13(17)14(4-5-14)12(15)18/h8-11H,2-7H2,1H3,(H2,15,18)(H,16,17). The first-order valence-corrected chi connectivity index (χ1v) is 7.54. The van der Waals surface area contributed by atoms with Crippen LogP contribution in [0.2, 0.25) is 0 Å². The van der Waals surface area contributed by atoms with Crippen molar-refractivity contribution in [1.82, 2.24) is 5.32 Å². The Hall–Kier alpha value is -0.640. The molecule has 0 aromatic carbocycles. The molecule has 4 atom stereocenters. The zero-order chi connectivity index (χ0) is 12.9. The monoisotopic (exact) mass is 266 g/mol. The van der Waals surface area contributed by atoms with Crippen LogP contribution in [0.25, 0.3) is 0 Å². The summed E-state index contributed by atoms with van der Waals surface area (Å²) in [5, 5.41) is 3.18. The summed E-state index contributed by atoms with van der Waals surface area (Å²) in [6.07, 6.45) is 7.10. The van der Waals surface area contributed by atoms with Crippen molar-refractivity contribution in [2.45, 2.75) is 51.5 Å². The van der Waals surface area contributed by atoms with Gasteiger partial charge in [0, 0.05) is 6.04 Å². The molecule has 18 heavy (non-hydrogen) atoms. The fourth-order valence-corrected chi connectivity index (χ4v) is 4.37. The third kappa shape index (κ3) is 1.85. The minimum absolute atomic E-state index is 0.0743. The molecule has 0 spiro atoms. The average Bonchev–Trinajstić information content (AvgIpc) is 2.89. The van der Waals surface area contributed by atoms with E-state index < -0.39 is 5.41 Å². The average molecular weight is 266 g/mol. The predicted molar refractivity (Wildman–Crippen MR) is 75.0 cm³/mol. The Morgan fingerprint density at radius 1 is 1.39 bits per heavy atom. The maximum absolute atomic E-state index is 12.3. The van der Waals surface area contributed by atoms with Crippen LogP contribution in [0.5, 0.6) is 0 Å². The molecule has 0 saturated heterocycles. The van der Waals surface area contributed by atoms with Crippen molar-refractivity contribution in [3.05, 3.63) is 0 Å². The number of nitrogens with two attached hydrogens (primary N) is 1. The van der Waals surface area contributed by atoms with Gasteiger partial charge < -0.3 is 11.1 Å². The van der Waals surface area contributed by atoms with Crippen LogP contribution in [-0.4, -0.2) is 16.9 Å². The molecular weight excluding hydrogens is 244 g/mol. The Morgan fingerprint density at radius 2 is 2.11 bits per heavy atom. The maximum Gasteiger partial charge on any atom is 0.233 e. The summed E-state index contributed by atoms with van der Waals surface area (Å²) in [5.41, 5.74) is 5.20. The summed E-state index contributed by atoms with van der Waals surface area (Å²) in [4.78, 5) is 12.6. The van der Waals surface area contributed by atoms with Crippen LogP contribution in [0.4, 0.5) is 0 Å². The normalized spacial score (nSPS) is 37.3. The van der Waals surface area contributed by atoms with E-state index in [0.717, 1.165) is 24.7 Å². The van der Waals surface area contributed by atoms with Gasteiger partial charge in [0.25, 0.3) is 0 Å². The predicted octanol–water partition coefficient (Wildman–Crippen LogP) is 1.99. The van der Waals surface area contributed by atoms with E-state index in [-0.39, 0.29) is 11.9 Å². The van der Waals surface area contributed by atoms with E-state index in [4.69, 9.17) is 18.0 Å². The molecule has 3 N–H and O–H groups in total. The Balaban J connectivity index is 1.60. The Bertz CT molecular complexity index is 391. The molecule has 3 aliphatic rings. The van der Waals surface area contributed by atoms with Crippen LogP contribution in [0.1, 0.15) is 45.4 Å². The molecule has 0 heterocycles. The summed E-state index contributed by atoms with van der Waals surface area (Å²) in [5.74, 6) is 2.51. The molecule has 4 unspecified atom stereocenters. The van der Waals surface area contributed by atoms with Crippen molar-refractivity contribution in [3.8, 4) is 0 Å². The molecule has 1 amide bonds. The smallest absolute Gasteiger partial charge is 0.233 e. The number of thiocarbonyl (C=S) groups is 1. The molecule has 3 aliphatic carbocycles. The number of carbonyl (C=O) groups is 1. The van der Waals surface area contributed by atoms with Gasteiger partial charge in [-0.1, -0.05) is 18.6 Å². The van der Waals surface area contributed by atoms with Crippen molar-refractivity contribution < 1.29 is 4.79 Å². The highest BCUT2D eigenvalue weighted by atomic mass is 32.1. The van der Waals surface area contributed by atoms with Crippen LogP contribution in [0, 0.1) is 23.2 Å². The van der Waals surface area contributed by atoms with Crippen molar-refractivity contribution in [2.24, 2.45) is 28.9 Å². The van der Waals surface area contributed by atoms with Crippen LogP contribution >= 0.6 is 12.2 Å². The van der Waals surface area contributed by atoms with Crippen molar-refractivity contribution in [1.29, 1.82) is 0 Å². The van der Waals surface area contributed by atoms with E-state index >= 15 is 0 Å². The largest absolute Gasteiger partial charge is 0.392 e. The van der Waals surface area contributed by atoms with Crippen LogP contribution in [-0.2, 0) is 4.79 Å². The van der Waals surface area contributed by atoms with Gasteiger partial charge in [-0.15, -0.1) is 0 Å². The molecule has 3 fully saturated rings. The van der Waals surface area contributed by atoms with Crippen molar-refractivity contribution in [2.75, 3.05) is 0 Å². The molecule has 3 nitrogen and oxygen atoms in total. The zero-order valence-electron chi connectivity index (χ0n) is 10.9. The number of hydrogen-bond donors (Lipinski definition) is 2.